The summed E-state index contributed by atoms with van der Waals surface area (Å²) >= 11 is 0. The number of carbonyl (C=O) groups is 1. The van der Waals surface area contributed by atoms with Gasteiger partial charge in [-0.3, -0.25) is 4.79 Å². The Hall–Kier alpha value is -1.69. The molecule has 2 atom stereocenters. The number of carbonyl (C=O) groups excluding carboxylic acids is 1. The SMILES string of the molecule is Cc1cc(C(=O)N(C)C2CC3CCC(C2)N3)cc(C)c1OC(F)F. The summed E-state index contributed by atoms with van der Waals surface area (Å²) in [4.78, 5) is 14.6. The van der Waals surface area contributed by atoms with Crippen molar-refractivity contribution in [2.24, 2.45) is 0 Å². The molecule has 2 saturated heterocycles. The number of hydrogen-bond acceptors (Lipinski definition) is 3. The van der Waals surface area contributed by atoms with Crippen LogP contribution in [-0.2, 0) is 0 Å². The molecule has 1 amide bonds. The van der Waals surface area contributed by atoms with E-state index in [4.69, 9.17) is 0 Å². The number of aryl methyl sites for hydroxylation is 2. The first-order valence-corrected chi connectivity index (χ1v) is 8.44. The second-order valence-electron chi connectivity index (χ2n) is 7.00. The Labute approximate surface area is 141 Å². The Morgan fingerprint density at radius 3 is 2.25 bits per heavy atom. The van der Waals surface area contributed by atoms with Crippen LogP contribution in [0, 0.1) is 13.8 Å². The zero-order valence-electron chi connectivity index (χ0n) is 14.3. The van der Waals surface area contributed by atoms with Gasteiger partial charge in [0.15, 0.2) is 0 Å². The minimum atomic E-state index is -2.86. The van der Waals surface area contributed by atoms with E-state index in [1.54, 1.807) is 26.0 Å². The molecule has 0 radical (unpaired) electrons. The summed E-state index contributed by atoms with van der Waals surface area (Å²) in [7, 11) is 1.84. The second kappa shape index (κ2) is 6.67. The van der Waals surface area contributed by atoms with Gasteiger partial charge in [-0.1, -0.05) is 0 Å². The number of hydrogen-bond donors (Lipinski definition) is 1. The molecule has 4 nitrogen and oxygen atoms in total. The number of benzene rings is 1. The van der Waals surface area contributed by atoms with Crippen LogP contribution in [0.1, 0.15) is 47.2 Å². The molecule has 132 valence electrons. The zero-order valence-corrected chi connectivity index (χ0v) is 14.3. The van der Waals surface area contributed by atoms with Gasteiger partial charge in [0.1, 0.15) is 5.75 Å². The molecule has 0 spiro atoms. The van der Waals surface area contributed by atoms with Crippen molar-refractivity contribution in [3.05, 3.63) is 28.8 Å². The number of nitrogens with zero attached hydrogens (tertiary/aromatic N) is 1. The summed E-state index contributed by atoms with van der Waals surface area (Å²) in [5.74, 6) is 0.0974. The lowest BCUT2D eigenvalue weighted by atomic mass is 9.97. The lowest BCUT2D eigenvalue weighted by Crippen LogP contribution is -2.48. The van der Waals surface area contributed by atoms with Crippen molar-refractivity contribution >= 4 is 5.91 Å². The Balaban J connectivity index is 1.77. The van der Waals surface area contributed by atoms with Gasteiger partial charge < -0.3 is 15.0 Å². The van der Waals surface area contributed by atoms with Gasteiger partial charge in [0.2, 0.25) is 0 Å². The first-order chi connectivity index (χ1) is 11.3. The van der Waals surface area contributed by atoms with Gasteiger partial charge in [-0.2, -0.15) is 8.78 Å². The standard InChI is InChI=1S/C18H24F2N2O2/c1-10-6-12(7-11(2)16(10)24-18(19)20)17(23)22(3)15-8-13-4-5-14(9-15)21-13/h6-7,13-15,18,21H,4-5,8-9H2,1-3H3. The van der Waals surface area contributed by atoms with Crippen LogP contribution in [0.25, 0.3) is 0 Å². The van der Waals surface area contributed by atoms with Crippen LogP contribution in [0.2, 0.25) is 0 Å². The number of rotatable bonds is 4. The first kappa shape index (κ1) is 17.1. The molecule has 3 rings (SSSR count). The Morgan fingerprint density at radius 1 is 1.21 bits per heavy atom. The molecule has 2 aliphatic heterocycles. The molecule has 2 unspecified atom stereocenters. The summed E-state index contributed by atoms with van der Waals surface area (Å²) in [5, 5.41) is 3.57. The van der Waals surface area contributed by atoms with Crippen molar-refractivity contribution in [1.29, 1.82) is 0 Å². The minimum Gasteiger partial charge on any atom is -0.434 e. The van der Waals surface area contributed by atoms with Crippen molar-refractivity contribution < 1.29 is 18.3 Å². The lowest BCUT2D eigenvalue weighted by molar-refractivity contribution is -0.0507. The van der Waals surface area contributed by atoms with Gasteiger partial charge in [-0.25, -0.2) is 0 Å². The number of ether oxygens (including phenoxy) is 1. The second-order valence-corrected chi connectivity index (χ2v) is 7.00. The first-order valence-electron chi connectivity index (χ1n) is 8.44. The molecule has 1 aromatic carbocycles. The van der Waals surface area contributed by atoms with E-state index in [-0.39, 0.29) is 17.7 Å². The molecule has 1 aromatic rings. The molecule has 0 aromatic heterocycles. The van der Waals surface area contributed by atoms with Crippen molar-refractivity contribution in [1.82, 2.24) is 10.2 Å². The van der Waals surface area contributed by atoms with Gasteiger partial charge in [0.05, 0.1) is 0 Å². The van der Waals surface area contributed by atoms with E-state index >= 15 is 0 Å². The molecular weight excluding hydrogens is 314 g/mol. The maximum atomic E-state index is 12.8. The van der Waals surface area contributed by atoms with Crippen LogP contribution in [0.5, 0.6) is 5.75 Å². The highest BCUT2D eigenvalue weighted by Crippen LogP contribution is 2.31. The summed E-state index contributed by atoms with van der Waals surface area (Å²) in [6, 6.07) is 4.52. The van der Waals surface area contributed by atoms with Crippen LogP contribution in [0.15, 0.2) is 12.1 Å². The summed E-state index contributed by atoms with van der Waals surface area (Å²) in [6.07, 6.45) is 4.31. The van der Waals surface area contributed by atoms with Gasteiger partial charge in [-0.15, -0.1) is 0 Å². The monoisotopic (exact) mass is 338 g/mol. The lowest BCUT2D eigenvalue weighted by Gasteiger charge is -2.35. The van der Waals surface area contributed by atoms with Crippen molar-refractivity contribution in [2.75, 3.05) is 7.05 Å². The Morgan fingerprint density at radius 2 is 1.75 bits per heavy atom. The van der Waals surface area contributed by atoms with Gasteiger partial charge >= 0.3 is 6.61 Å². The van der Waals surface area contributed by atoms with Crippen molar-refractivity contribution in [3.63, 3.8) is 0 Å². The minimum absolute atomic E-state index is 0.0592. The van der Waals surface area contributed by atoms with E-state index in [2.05, 4.69) is 10.1 Å². The number of nitrogens with one attached hydrogen (secondary N) is 1. The summed E-state index contributed by atoms with van der Waals surface area (Å²) in [6.45, 7) is 0.509. The van der Waals surface area contributed by atoms with E-state index in [0.29, 0.717) is 28.8 Å². The average molecular weight is 338 g/mol. The summed E-state index contributed by atoms with van der Waals surface area (Å²) in [5.41, 5.74) is 1.63. The number of halogens is 2. The van der Waals surface area contributed by atoms with E-state index in [1.165, 1.54) is 12.8 Å². The largest absolute Gasteiger partial charge is 0.434 e. The van der Waals surface area contributed by atoms with Gasteiger partial charge in [0.25, 0.3) is 5.91 Å². The van der Waals surface area contributed by atoms with Crippen molar-refractivity contribution in [3.8, 4) is 5.75 Å². The van der Waals surface area contributed by atoms with E-state index < -0.39 is 6.61 Å². The number of fused-ring (bicyclic) bond motifs is 2. The van der Waals surface area contributed by atoms with Gasteiger partial charge in [-0.05, 0) is 62.8 Å². The third-order valence-electron chi connectivity index (χ3n) is 5.23. The summed E-state index contributed by atoms with van der Waals surface area (Å²) < 4.78 is 29.5. The fourth-order valence-electron chi connectivity index (χ4n) is 4.06. The predicted molar refractivity (Wildman–Crippen MR) is 87.6 cm³/mol. The Kier molecular flexibility index (Phi) is 4.76. The fourth-order valence-corrected chi connectivity index (χ4v) is 4.06. The molecule has 24 heavy (non-hydrogen) atoms. The van der Waals surface area contributed by atoms with Crippen LogP contribution in [-0.4, -0.2) is 42.6 Å². The highest BCUT2D eigenvalue weighted by Gasteiger charge is 2.36. The van der Waals surface area contributed by atoms with Crippen LogP contribution < -0.4 is 10.1 Å². The molecule has 2 fully saturated rings. The number of alkyl halides is 2. The van der Waals surface area contributed by atoms with E-state index in [9.17, 15) is 13.6 Å². The molecule has 2 heterocycles. The van der Waals surface area contributed by atoms with Crippen LogP contribution in [0.4, 0.5) is 8.78 Å². The maximum Gasteiger partial charge on any atom is 0.387 e. The highest BCUT2D eigenvalue weighted by atomic mass is 19.3. The quantitative estimate of drug-likeness (QED) is 0.916. The highest BCUT2D eigenvalue weighted by molar-refractivity contribution is 5.95. The zero-order chi connectivity index (χ0) is 17.4. The smallest absolute Gasteiger partial charge is 0.387 e. The van der Waals surface area contributed by atoms with Gasteiger partial charge in [0, 0.05) is 30.7 Å². The topological polar surface area (TPSA) is 41.6 Å². The van der Waals surface area contributed by atoms with Crippen molar-refractivity contribution in [2.45, 2.75) is 64.3 Å². The van der Waals surface area contributed by atoms with Crippen LogP contribution in [0.3, 0.4) is 0 Å². The van der Waals surface area contributed by atoms with E-state index in [0.717, 1.165) is 12.8 Å². The molecule has 2 bridgehead atoms. The number of amides is 1. The molecule has 2 aliphatic rings. The predicted octanol–water partition coefficient (Wildman–Crippen LogP) is 3.26. The molecule has 6 heteroatoms. The van der Waals surface area contributed by atoms with E-state index in [1.807, 2.05) is 11.9 Å². The Bertz CT molecular complexity index is 600. The fraction of sp³-hybridized carbons (Fsp3) is 0.611. The van der Waals surface area contributed by atoms with Crippen LogP contribution >= 0.6 is 0 Å². The third-order valence-corrected chi connectivity index (χ3v) is 5.23. The number of piperidine rings is 1. The normalized spacial score (nSPS) is 25.8. The maximum absolute atomic E-state index is 12.8. The molecule has 0 aliphatic carbocycles. The molecule has 0 saturated carbocycles. The molecular formula is C18H24F2N2O2. The third kappa shape index (κ3) is 3.38. The average Bonchev–Trinajstić information content (AvgIpc) is 2.87. The molecule has 1 N–H and O–H groups in total.